The third-order valence-electron chi connectivity index (χ3n) is 2.33. The molecule has 2 atom stereocenters. The summed E-state index contributed by atoms with van der Waals surface area (Å²) in [7, 11) is 0. The van der Waals surface area contributed by atoms with Gasteiger partial charge in [0.2, 0.25) is 5.79 Å². The first-order chi connectivity index (χ1) is 6.77. The van der Waals surface area contributed by atoms with E-state index >= 15 is 0 Å². The number of benzene rings is 1. The lowest BCUT2D eigenvalue weighted by Crippen LogP contribution is -2.29. The lowest BCUT2D eigenvalue weighted by atomic mass is 10.1. The van der Waals surface area contributed by atoms with Crippen LogP contribution in [0.1, 0.15) is 12.5 Å². The largest absolute Gasteiger partial charge is 0.342 e. The van der Waals surface area contributed by atoms with Crippen molar-refractivity contribution < 1.29 is 9.47 Å². The first-order valence-electron chi connectivity index (χ1n) is 4.70. The molecule has 0 saturated carbocycles. The Kier molecular flexibility index (Phi) is 2.77. The van der Waals surface area contributed by atoms with Crippen LogP contribution in [-0.4, -0.2) is 18.6 Å². The van der Waals surface area contributed by atoms with Gasteiger partial charge < -0.3 is 9.47 Å². The predicted octanol–water partition coefficient (Wildman–Crippen LogP) is 2.51. The number of halogens is 1. The van der Waals surface area contributed by atoms with Crippen molar-refractivity contribution in [2.24, 2.45) is 0 Å². The topological polar surface area (TPSA) is 18.5 Å². The van der Waals surface area contributed by atoms with E-state index in [1.54, 1.807) is 0 Å². The van der Waals surface area contributed by atoms with E-state index in [0.717, 1.165) is 5.56 Å². The van der Waals surface area contributed by atoms with Gasteiger partial charge in [-0.2, -0.15) is 0 Å². The van der Waals surface area contributed by atoms with Crippen LogP contribution in [-0.2, 0) is 15.3 Å². The van der Waals surface area contributed by atoms with Gasteiger partial charge in [0.1, 0.15) is 0 Å². The highest BCUT2D eigenvalue weighted by Crippen LogP contribution is 2.34. The Hall–Kier alpha value is -0.570. The van der Waals surface area contributed by atoms with Gasteiger partial charge >= 0.3 is 0 Å². The van der Waals surface area contributed by atoms with Gasteiger partial charge in [0.15, 0.2) is 0 Å². The van der Waals surface area contributed by atoms with E-state index in [4.69, 9.17) is 21.1 Å². The van der Waals surface area contributed by atoms with E-state index < -0.39 is 5.79 Å². The Morgan fingerprint density at radius 2 is 2.14 bits per heavy atom. The Morgan fingerprint density at radius 1 is 1.43 bits per heavy atom. The molecule has 0 aromatic heterocycles. The third kappa shape index (κ3) is 1.65. The molecule has 1 aliphatic heterocycles. The molecule has 1 fully saturated rings. The quantitative estimate of drug-likeness (QED) is 0.702. The molecule has 0 N–H and O–H groups in total. The van der Waals surface area contributed by atoms with Crippen molar-refractivity contribution in [2.75, 3.05) is 12.5 Å². The smallest absolute Gasteiger partial charge is 0.209 e. The van der Waals surface area contributed by atoms with Crippen molar-refractivity contribution in [3.05, 3.63) is 35.9 Å². The van der Waals surface area contributed by atoms with Crippen LogP contribution in [0.5, 0.6) is 0 Å². The molecule has 76 valence electrons. The Bertz CT molecular complexity index is 301. The fraction of sp³-hybridized carbons (Fsp3) is 0.455. The molecular weight excluding hydrogens is 200 g/mol. The molecule has 1 aromatic carbocycles. The molecule has 2 nitrogen and oxygen atoms in total. The minimum Gasteiger partial charge on any atom is -0.342 e. The molecule has 0 radical (unpaired) electrons. The van der Waals surface area contributed by atoms with Crippen LogP contribution < -0.4 is 0 Å². The summed E-state index contributed by atoms with van der Waals surface area (Å²) in [6.45, 7) is 2.58. The highest BCUT2D eigenvalue weighted by molar-refractivity contribution is 6.18. The van der Waals surface area contributed by atoms with Crippen molar-refractivity contribution >= 4 is 11.6 Å². The zero-order chi connectivity index (χ0) is 10.0. The van der Waals surface area contributed by atoms with E-state index in [9.17, 15) is 0 Å². The summed E-state index contributed by atoms with van der Waals surface area (Å²) >= 11 is 5.91. The average Bonchev–Trinajstić information content (AvgIpc) is 2.63. The Labute approximate surface area is 88.8 Å². The monoisotopic (exact) mass is 212 g/mol. The van der Waals surface area contributed by atoms with Crippen molar-refractivity contribution in [2.45, 2.75) is 18.8 Å². The van der Waals surface area contributed by atoms with Gasteiger partial charge in [-0.1, -0.05) is 30.3 Å². The van der Waals surface area contributed by atoms with Gasteiger partial charge in [-0.3, -0.25) is 0 Å². The minimum absolute atomic E-state index is 0.106. The van der Waals surface area contributed by atoms with Crippen molar-refractivity contribution in [1.29, 1.82) is 0 Å². The lowest BCUT2D eigenvalue weighted by Gasteiger charge is -2.25. The second kappa shape index (κ2) is 3.89. The Balaban J connectivity index is 2.30. The van der Waals surface area contributed by atoms with E-state index in [0.29, 0.717) is 12.5 Å². The highest BCUT2D eigenvalue weighted by atomic mass is 35.5. The molecule has 1 heterocycles. The summed E-state index contributed by atoms with van der Waals surface area (Å²) in [4.78, 5) is 0. The molecule has 0 aliphatic carbocycles. The number of alkyl halides is 1. The fourth-order valence-electron chi connectivity index (χ4n) is 1.64. The Morgan fingerprint density at radius 3 is 2.64 bits per heavy atom. The first kappa shape index (κ1) is 9.97. The van der Waals surface area contributed by atoms with Crippen LogP contribution >= 0.6 is 11.6 Å². The fourth-order valence-corrected chi connectivity index (χ4v) is 1.93. The van der Waals surface area contributed by atoms with Crippen molar-refractivity contribution in [3.8, 4) is 0 Å². The molecule has 3 heteroatoms. The van der Waals surface area contributed by atoms with Gasteiger partial charge in [0.25, 0.3) is 0 Å². The average molecular weight is 213 g/mol. The lowest BCUT2D eigenvalue weighted by molar-refractivity contribution is -0.156. The van der Waals surface area contributed by atoms with E-state index in [2.05, 4.69) is 0 Å². The summed E-state index contributed by atoms with van der Waals surface area (Å²) in [6.07, 6.45) is 0.106. The van der Waals surface area contributed by atoms with Crippen molar-refractivity contribution in [1.82, 2.24) is 0 Å². The molecule has 2 rings (SSSR count). The summed E-state index contributed by atoms with van der Waals surface area (Å²) in [5, 5.41) is 0. The first-order valence-corrected chi connectivity index (χ1v) is 5.23. The molecular formula is C11H13ClO2. The maximum absolute atomic E-state index is 5.91. The van der Waals surface area contributed by atoms with Gasteiger partial charge in [-0.15, -0.1) is 11.6 Å². The van der Waals surface area contributed by atoms with Crippen LogP contribution in [0, 0.1) is 0 Å². The van der Waals surface area contributed by atoms with Crippen LogP contribution in [0.25, 0.3) is 0 Å². The van der Waals surface area contributed by atoms with Gasteiger partial charge in [0, 0.05) is 5.56 Å². The molecule has 0 amide bonds. The minimum atomic E-state index is -0.734. The molecule has 2 unspecified atom stereocenters. The van der Waals surface area contributed by atoms with Crippen molar-refractivity contribution in [3.63, 3.8) is 0 Å². The predicted molar refractivity (Wildman–Crippen MR) is 55.3 cm³/mol. The molecule has 0 spiro atoms. The normalized spacial score (nSPS) is 32.0. The van der Waals surface area contributed by atoms with Gasteiger partial charge in [-0.05, 0) is 6.92 Å². The molecule has 0 bridgehead atoms. The van der Waals surface area contributed by atoms with E-state index in [1.165, 1.54) is 0 Å². The third-order valence-corrected chi connectivity index (χ3v) is 2.68. The molecule has 14 heavy (non-hydrogen) atoms. The number of hydrogen-bond acceptors (Lipinski definition) is 2. The van der Waals surface area contributed by atoms with Crippen LogP contribution in [0.2, 0.25) is 0 Å². The van der Waals surface area contributed by atoms with Crippen LogP contribution in [0.3, 0.4) is 0 Å². The van der Waals surface area contributed by atoms with Crippen LogP contribution in [0.4, 0.5) is 0 Å². The zero-order valence-electron chi connectivity index (χ0n) is 8.07. The van der Waals surface area contributed by atoms with Gasteiger partial charge in [0.05, 0.1) is 18.6 Å². The van der Waals surface area contributed by atoms with Crippen LogP contribution in [0.15, 0.2) is 30.3 Å². The second-order valence-corrected chi connectivity index (χ2v) is 3.76. The second-order valence-electron chi connectivity index (χ2n) is 3.49. The van der Waals surface area contributed by atoms with E-state index in [1.807, 2.05) is 37.3 Å². The molecule has 1 aliphatic rings. The zero-order valence-corrected chi connectivity index (χ0v) is 8.83. The summed E-state index contributed by atoms with van der Waals surface area (Å²) in [5.74, 6) is -0.413. The number of rotatable bonds is 2. The standard InChI is InChI=1S/C11H13ClO2/c1-9-7-13-11(8-12,14-9)10-5-3-2-4-6-10/h2-6,9H,7-8H2,1H3. The summed E-state index contributed by atoms with van der Waals surface area (Å²) in [6, 6.07) is 9.82. The maximum Gasteiger partial charge on any atom is 0.209 e. The molecule has 1 saturated heterocycles. The highest BCUT2D eigenvalue weighted by Gasteiger charge is 2.40. The molecule has 1 aromatic rings. The van der Waals surface area contributed by atoms with Gasteiger partial charge in [-0.25, -0.2) is 0 Å². The SMILES string of the molecule is CC1COC(CCl)(c2ccccc2)O1. The number of ether oxygens (including phenoxy) is 2. The maximum atomic E-state index is 5.91. The summed E-state index contributed by atoms with van der Waals surface area (Å²) in [5.41, 5.74) is 0.986. The number of hydrogen-bond donors (Lipinski definition) is 0. The van der Waals surface area contributed by atoms with E-state index in [-0.39, 0.29) is 6.10 Å². The summed E-state index contributed by atoms with van der Waals surface area (Å²) < 4.78 is 11.4.